The first-order chi connectivity index (χ1) is 14.5. The second kappa shape index (κ2) is 8.67. The van der Waals surface area contributed by atoms with Crippen molar-refractivity contribution in [3.8, 4) is 11.5 Å². The zero-order valence-corrected chi connectivity index (χ0v) is 17.2. The van der Waals surface area contributed by atoms with E-state index in [2.05, 4.69) is 9.71 Å². The Morgan fingerprint density at radius 1 is 1.10 bits per heavy atom. The molecule has 30 heavy (non-hydrogen) atoms. The van der Waals surface area contributed by atoms with E-state index in [-0.39, 0.29) is 16.8 Å². The van der Waals surface area contributed by atoms with E-state index >= 15 is 0 Å². The summed E-state index contributed by atoms with van der Waals surface area (Å²) in [5.74, 6) is 0.363. The van der Waals surface area contributed by atoms with Gasteiger partial charge in [0.1, 0.15) is 11.7 Å². The number of aromatic nitrogens is 1. The first-order valence-electron chi connectivity index (χ1n) is 9.65. The molecule has 1 aliphatic heterocycles. The molecule has 0 bridgehead atoms. The van der Waals surface area contributed by atoms with Crippen LogP contribution in [0.1, 0.15) is 33.8 Å². The van der Waals surface area contributed by atoms with Gasteiger partial charge in [0.2, 0.25) is 16.9 Å². The Bertz CT molecular complexity index is 1070. The SMILES string of the molecule is Cc1oc(-c2ccccc2)nc1CCC(=O)c1ccc(CC2C(=O)NSC2=O)cc1. The molecule has 1 unspecified atom stereocenters. The van der Waals surface area contributed by atoms with Crippen LogP contribution in [0, 0.1) is 12.8 Å². The van der Waals surface area contributed by atoms with Crippen LogP contribution >= 0.6 is 11.9 Å². The number of ketones is 1. The van der Waals surface area contributed by atoms with Gasteiger partial charge >= 0.3 is 0 Å². The van der Waals surface area contributed by atoms with Crippen molar-refractivity contribution in [2.75, 3.05) is 0 Å². The lowest BCUT2D eigenvalue weighted by atomic mass is 9.97. The smallest absolute Gasteiger partial charge is 0.242 e. The molecule has 2 heterocycles. The summed E-state index contributed by atoms with van der Waals surface area (Å²) < 4.78 is 8.23. The third kappa shape index (κ3) is 4.36. The van der Waals surface area contributed by atoms with Crippen LogP contribution in [0.2, 0.25) is 0 Å². The number of oxazole rings is 1. The van der Waals surface area contributed by atoms with Gasteiger partial charge in [0.05, 0.1) is 5.69 Å². The number of carbonyl (C=O) groups excluding carboxylic acids is 3. The van der Waals surface area contributed by atoms with Crippen molar-refractivity contribution in [2.24, 2.45) is 5.92 Å². The largest absolute Gasteiger partial charge is 0.441 e. The maximum Gasteiger partial charge on any atom is 0.242 e. The summed E-state index contributed by atoms with van der Waals surface area (Å²) in [5, 5.41) is -0.169. The standard InChI is InChI=1S/C23H20N2O4S/c1-14-19(24-22(29-14)17-5-3-2-4-6-17)11-12-20(26)16-9-7-15(8-10-16)13-18-21(27)25-30-23(18)28/h2-10,18H,11-13H2,1H3,(H,25,27). The average Bonchev–Trinajstić information content (AvgIpc) is 3.30. The molecule has 2 aromatic carbocycles. The Morgan fingerprint density at radius 3 is 2.50 bits per heavy atom. The molecule has 0 radical (unpaired) electrons. The molecular formula is C23H20N2O4S. The zero-order valence-electron chi connectivity index (χ0n) is 16.4. The molecule has 0 saturated carbocycles. The van der Waals surface area contributed by atoms with Gasteiger partial charge in [0, 0.05) is 35.9 Å². The minimum Gasteiger partial charge on any atom is -0.441 e. The van der Waals surface area contributed by atoms with E-state index in [4.69, 9.17) is 4.42 Å². The van der Waals surface area contributed by atoms with Gasteiger partial charge in [-0.2, -0.15) is 0 Å². The van der Waals surface area contributed by atoms with E-state index in [0.29, 0.717) is 30.7 Å². The molecular weight excluding hydrogens is 400 g/mol. The predicted octanol–water partition coefficient (Wildman–Crippen LogP) is 3.93. The van der Waals surface area contributed by atoms with E-state index < -0.39 is 5.92 Å². The summed E-state index contributed by atoms with van der Waals surface area (Å²) >= 11 is 0.840. The topological polar surface area (TPSA) is 89.3 Å². The minimum atomic E-state index is -0.662. The third-order valence-electron chi connectivity index (χ3n) is 5.07. The monoisotopic (exact) mass is 420 g/mol. The van der Waals surface area contributed by atoms with Crippen molar-refractivity contribution >= 4 is 28.8 Å². The number of hydrogen-bond acceptors (Lipinski definition) is 6. The Labute approximate surface area is 178 Å². The lowest BCUT2D eigenvalue weighted by molar-refractivity contribution is -0.126. The van der Waals surface area contributed by atoms with Crippen LogP contribution in [0.3, 0.4) is 0 Å². The van der Waals surface area contributed by atoms with E-state index in [9.17, 15) is 14.4 Å². The Hall–Kier alpha value is -3.19. The van der Waals surface area contributed by atoms with Crippen LogP contribution in [0.5, 0.6) is 0 Å². The average molecular weight is 420 g/mol. The van der Waals surface area contributed by atoms with E-state index in [1.54, 1.807) is 24.3 Å². The Balaban J connectivity index is 1.37. The maximum atomic E-state index is 12.6. The molecule has 1 saturated heterocycles. The molecule has 3 aromatic rings. The van der Waals surface area contributed by atoms with Crippen molar-refractivity contribution in [3.05, 3.63) is 77.2 Å². The van der Waals surface area contributed by atoms with E-state index in [1.165, 1.54) is 0 Å². The van der Waals surface area contributed by atoms with Crippen LogP contribution in [0.4, 0.5) is 0 Å². The van der Waals surface area contributed by atoms with Crippen LogP contribution in [-0.4, -0.2) is 21.8 Å². The van der Waals surface area contributed by atoms with Gasteiger partial charge < -0.3 is 4.42 Å². The third-order valence-corrected chi connectivity index (χ3v) is 5.86. The molecule has 4 rings (SSSR count). The first kappa shape index (κ1) is 20.1. The predicted molar refractivity (Wildman–Crippen MR) is 114 cm³/mol. The van der Waals surface area contributed by atoms with Crippen molar-refractivity contribution in [1.29, 1.82) is 0 Å². The van der Waals surface area contributed by atoms with Gasteiger partial charge in [0.15, 0.2) is 5.78 Å². The molecule has 6 nitrogen and oxygen atoms in total. The highest BCUT2D eigenvalue weighted by Crippen LogP contribution is 2.24. The normalized spacial score (nSPS) is 16.0. The van der Waals surface area contributed by atoms with Gasteiger partial charge in [-0.1, -0.05) is 42.5 Å². The molecule has 152 valence electrons. The molecule has 1 fully saturated rings. The second-order valence-corrected chi connectivity index (χ2v) is 7.96. The molecule has 1 aliphatic rings. The van der Waals surface area contributed by atoms with Crippen LogP contribution in [-0.2, 0) is 22.4 Å². The zero-order chi connectivity index (χ0) is 21.1. The molecule has 1 amide bonds. The van der Waals surface area contributed by atoms with E-state index in [1.807, 2.05) is 37.3 Å². The molecule has 0 aliphatic carbocycles. The number of Topliss-reactive ketones (excluding diaryl/α,β-unsaturated/α-hetero) is 1. The maximum absolute atomic E-state index is 12.6. The number of nitrogens with one attached hydrogen (secondary N) is 1. The molecule has 0 spiro atoms. The number of carbonyl (C=O) groups is 3. The van der Waals surface area contributed by atoms with E-state index in [0.717, 1.165) is 34.5 Å². The molecule has 1 atom stereocenters. The number of nitrogens with zero attached hydrogens (tertiary/aromatic N) is 1. The van der Waals surface area contributed by atoms with Crippen molar-refractivity contribution in [2.45, 2.75) is 26.2 Å². The summed E-state index contributed by atoms with van der Waals surface area (Å²) in [7, 11) is 0. The van der Waals surface area contributed by atoms with Gasteiger partial charge in [-0.25, -0.2) is 4.98 Å². The molecule has 1 aromatic heterocycles. The summed E-state index contributed by atoms with van der Waals surface area (Å²) in [5.41, 5.74) is 3.13. The van der Waals surface area contributed by atoms with Gasteiger partial charge in [-0.15, -0.1) is 0 Å². The lowest BCUT2D eigenvalue weighted by Gasteiger charge is -2.06. The van der Waals surface area contributed by atoms with Gasteiger partial charge in [0.25, 0.3) is 0 Å². The summed E-state index contributed by atoms with van der Waals surface area (Å²) in [4.78, 5) is 40.5. The van der Waals surface area contributed by atoms with Crippen LogP contribution in [0.15, 0.2) is 59.0 Å². The summed E-state index contributed by atoms with van der Waals surface area (Å²) in [6.07, 6.45) is 1.16. The number of aryl methyl sites for hydroxylation is 2. The highest BCUT2D eigenvalue weighted by Gasteiger charge is 2.34. The summed E-state index contributed by atoms with van der Waals surface area (Å²) in [6, 6.07) is 16.7. The van der Waals surface area contributed by atoms with Crippen LogP contribution in [0.25, 0.3) is 11.5 Å². The van der Waals surface area contributed by atoms with Crippen molar-refractivity contribution in [3.63, 3.8) is 0 Å². The minimum absolute atomic E-state index is 0.00968. The second-order valence-electron chi connectivity index (χ2n) is 7.15. The Kier molecular flexibility index (Phi) is 5.81. The molecule has 7 heteroatoms. The highest BCUT2D eigenvalue weighted by atomic mass is 32.2. The van der Waals surface area contributed by atoms with Crippen molar-refractivity contribution in [1.82, 2.24) is 9.71 Å². The Morgan fingerprint density at radius 2 is 1.83 bits per heavy atom. The number of hydrogen-bond donors (Lipinski definition) is 1. The number of benzene rings is 2. The fourth-order valence-corrected chi connectivity index (χ4v) is 4.00. The fourth-order valence-electron chi connectivity index (χ4n) is 3.33. The first-order valence-corrected chi connectivity index (χ1v) is 10.5. The summed E-state index contributed by atoms with van der Waals surface area (Å²) in [6.45, 7) is 1.85. The highest BCUT2D eigenvalue weighted by molar-refractivity contribution is 8.13. The van der Waals surface area contributed by atoms with Crippen molar-refractivity contribution < 1.29 is 18.8 Å². The van der Waals surface area contributed by atoms with Gasteiger partial charge in [-0.05, 0) is 31.0 Å². The van der Waals surface area contributed by atoms with Crippen LogP contribution < -0.4 is 4.72 Å². The lowest BCUT2D eigenvalue weighted by Crippen LogP contribution is -2.21. The number of rotatable bonds is 7. The number of amides is 1. The fraction of sp³-hybridized carbons (Fsp3) is 0.217. The van der Waals surface area contributed by atoms with Gasteiger partial charge in [-0.3, -0.25) is 19.1 Å². The quantitative estimate of drug-likeness (QED) is 0.354. The molecule has 1 N–H and O–H groups in total.